The zero-order chi connectivity index (χ0) is 16.1. The van der Waals surface area contributed by atoms with Crippen molar-refractivity contribution >= 4 is 0 Å². The van der Waals surface area contributed by atoms with Gasteiger partial charge >= 0.3 is 12.1 Å². The Morgan fingerprint density at radius 3 is 2.14 bits per heavy atom. The molecule has 1 N–H and O–H groups in total. The molecular formula is C14H17F5O2. The van der Waals surface area contributed by atoms with E-state index in [2.05, 4.69) is 0 Å². The number of aliphatic hydroxyl groups excluding tert-OH is 1. The summed E-state index contributed by atoms with van der Waals surface area (Å²) in [5, 5.41) is 9.50. The third kappa shape index (κ3) is 5.15. The molecule has 1 aromatic carbocycles. The molecule has 0 spiro atoms. The monoisotopic (exact) mass is 312 g/mol. The minimum Gasteiger partial charge on any atom is -0.494 e. The molecule has 0 aromatic heterocycles. The fourth-order valence-corrected chi connectivity index (χ4v) is 1.60. The normalized spacial score (nSPS) is 14.0. The molecule has 0 saturated heterocycles. The summed E-state index contributed by atoms with van der Waals surface area (Å²) in [6.45, 7) is 2.48. The van der Waals surface area contributed by atoms with E-state index >= 15 is 0 Å². The first-order chi connectivity index (χ1) is 9.67. The molecule has 1 unspecified atom stereocenters. The molecule has 21 heavy (non-hydrogen) atoms. The van der Waals surface area contributed by atoms with Gasteiger partial charge in [0.2, 0.25) is 0 Å². The number of benzene rings is 1. The smallest absolute Gasteiger partial charge is 0.453 e. The second-order valence-electron chi connectivity index (χ2n) is 4.69. The van der Waals surface area contributed by atoms with Crippen LogP contribution in [0.5, 0.6) is 5.75 Å². The summed E-state index contributed by atoms with van der Waals surface area (Å²) in [6.07, 6.45) is -7.47. The van der Waals surface area contributed by atoms with Gasteiger partial charge in [0.15, 0.2) is 0 Å². The summed E-state index contributed by atoms with van der Waals surface area (Å²) in [5.41, 5.74) is -0.0123. The van der Waals surface area contributed by atoms with Gasteiger partial charge in [-0.3, -0.25) is 0 Å². The molecule has 0 amide bonds. The lowest BCUT2D eigenvalue weighted by atomic mass is 10.0. The average molecular weight is 312 g/mol. The molecule has 0 heterocycles. The van der Waals surface area contributed by atoms with Gasteiger partial charge in [0.05, 0.1) is 19.1 Å². The van der Waals surface area contributed by atoms with Gasteiger partial charge in [0.1, 0.15) is 5.75 Å². The number of ether oxygens (including phenoxy) is 1. The summed E-state index contributed by atoms with van der Waals surface area (Å²) in [4.78, 5) is 0. The van der Waals surface area contributed by atoms with Crippen LogP contribution in [-0.2, 0) is 0 Å². The highest BCUT2D eigenvalue weighted by Gasteiger charge is 2.58. The number of aliphatic hydroxyl groups is 1. The molecule has 0 aliphatic rings. The Bertz CT molecular complexity index is 428. The van der Waals surface area contributed by atoms with E-state index in [0.29, 0.717) is 12.4 Å². The van der Waals surface area contributed by atoms with E-state index in [4.69, 9.17) is 4.74 Å². The fourth-order valence-electron chi connectivity index (χ4n) is 1.60. The summed E-state index contributed by atoms with van der Waals surface area (Å²) in [6, 6.07) is 5.41. The van der Waals surface area contributed by atoms with Gasteiger partial charge in [-0.25, -0.2) is 0 Å². The van der Waals surface area contributed by atoms with E-state index < -0.39 is 24.6 Å². The number of rotatable bonds is 7. The van der Waals surface area contributed by atoms with Gasteiger partial charge in [-0.2, -0.15) is 22.0 Å². The van der Waals surface area contributed by atoms with Crippen molar-refractivity contribution in [2.75, 3.05) is 6.61 Å². The minimum atomic E-state index is -5.67. The van der Waals surface area contributed by atoms with Crippen molar-refractivity contribution in [1.82, 2.24) is 0 Å². The Labute approximate surface area is 119 Å². The van der Waals surface area contributed by atoms with E-state index in [1.54, 1.807) is 0 Å². The first-order valence-corrected chi connectivity index (χ1v) is 6.52. The Morgan fingerprint density at radius 1 is 1.10 bits per heavy atom. The van der Waals surface area contributed by atoms with Crippen molar-refractivity contribution < 1.29 is 31.8 Å². The summed E-state index contributed by atoms with van der Waals surface area (Å²) < 4.78 is 67.2. The highest BCUT2D eigenvalue weighted by atomic mass is 19.4. The zero-order valence-electron chi connectivity index (χ0n) is 11.5. The van der Waals surface area contributed by atoms with Crippen molar-refractivity contribution in [3.05, 3.63) is 29.8 Å². The van der Waals surface area contributed by atoms with Crippen LogP contribution in [0.3, 0.4) is 0 Å². The Hall–Kier alpha value is -1.37. The molecule has 0 radical (unpaired) electrons. The number of unbranched alkanes of at least 4 members (excludes halogenated alkanes) is 1. The fraction of sp³-hybridized carbons (Fsp3) is 0.571. The van der Waals surface area contributed by atoms with Crippen molar-refractivity contribution in [3.8, 4) is 5.75 Å². The lowest BCUT2D eigenvalue weighted by molar-refractivity contribution is -0.290. The van der Waals surface area contributed by atoms with E-state index in [9.17, 15) is 27.1 Å². The van der Waals surface area contributed by atoms with Crippen LogP contribution in [0.1, 0.15) is 37.9 Å². The molecule has 120 valence electrons. The van der Waals surface area contributed by atoms with E-state index in [-0.39, 0.29) is 5.56 Å². The second-order valence-corrected chi connectivity index (χ2v) is 4.69. The second kappa shape index (κ2) is 7.06. The summed E-state index contributed by atoms with van der Waals surface area (Å²) in [5.74, 6) is -4.45. The molecule has 0 aliphatic heterocycles. The van der Waals surface area contributed by atoms with Crippen LogP contribution in [0, 0.1) is 0 Å². The molecule has 0 fully saturated rings. The minimum absolute atomic E-state index is 0.0123. The maximum Gasteiger partial charge on any atom is 0.453 e. The molecule has 0 saturated carbocycles. The van der Waals surface area contributed by atoms with Gasteiger partial charge in [0.25, 0.3) is 0 Å². The maximum atomic E-state index is 12.8. The number of hydrogen-bond acceptors (Lipinski definition) is 2. The molecule has 1 atom stereocenters. The largest absolute Gasteiger partial charge is 0.494 e. The lowest BCUT2D eigenvalue weighted by Gasteiger charge is -2.22. The predicted octanol–water partition coefficient (Wildman–Crippen LogP) is 4.49. The number of halogens is 5. The molecule has 1 rings (SSSR count). The van der Waals surface area contributed by atoms with Gasteiger partial charge < -0.3 is 9.84 Å². The Balaban J connectivity index is 2.65. The first kappa shape index (κ1) is 17.7. The predicted molar refractivity (Wildman–Crippen MR) is 67.4 cm³/mol. The van der Waals surface area contributed by atoms with Gasteiger partial charge in [-0.05, 0) is 24.1 Å². The standard InChI is InChI=1S/C14H17F5O2/c1-2-3-8-21-11-6-4-10(5-7-11)12(20)9-13(15,16)14(17,18)19/h4-7,12,20H,2-3,8-9H2,1H3. The van der Waals surface area contributed by atoms with Gasteiger partial charge in [-0.1, -0.05) is 25.5 Å². The number of hydrogen-bond donors (Lipinski definition) is 1. The Morgan fingerprint density at radius 2 is 1.67 bits per heavy atom. The quantitative estimate of drug-likeness (QED) is 0.594. The molecule has 7 heteroatoms. The average Bonchev–Trinajstić information content (AvgIpc) is 2.38. The molecular weight excluding hydrogens is 295 g/mol. The van der Waals surface area contributed by atoms with Crippen LogP contribution in [0.15, 0.2) is 24.3 Å². The van der Waals surface area contributed by atoms with Crippen LogP contribution in [-0.4, -0.2) is 23.8 Å². The third-order valence-electron chi connectivity index (χ3n) is 2.90. The summed E-state index contributed by atoms with van der Waals surface area (Å²) >= 11 is 0. The topological polar surface area (TPSA) is 29.5 Å². The van der Waals surface area contributed by atoms with Crippen LogP contribution in [0.25, 0.3) is 0 Å². The van der Waals surface area contributed by atoms with E-state index in [1.165, 1.54) is 24.3 Å². The summed E-state index contributed by atoms with van der Waals surface area (Å²) in [7, 11) is 0. The van der Waals surface area contributed by atoms with E-state index in [1.807, 2.05) is 6.92 Å². The molecule has 2 nitrogen and oxygen atoms in total. The van der Waals surface area contributed by atoms with Crippen LogP contribution < -0.4 is 4.74 Å². The van der Waals surface area contributed by atoms with Gasteiger partial charge in [-0.15, -0.1) is 0 Å². The van der Waals surface area contributed by atoms with Crippen LogP contribution >= 0.6 is 0 Å². The van der Waals surface area contributed by atoms with Crippen LogP contribution in [0.4, 0.5) is 22.0 Å². The molecule has 1 aromatic rings. The third-order valence-corrected chi connectivity index (χ3v) is 2.90. The van der Waals surface area contributed by atoms with Crippen molar-refractivity contribution in [3.63, 3.8) is 0 Å². The Kier molecular flexibility index (Phi) is 5.95. The SMILES string of the molecule is CCCCOc1ccc(C(O)CC(F)(F)C(F)(F)F)cc1. The first-order valence-electron chi connectivity index (χ1n) is 6.52. The zero-order valence-corrected chi connectivity index (χ0v) is 11.5. The molecule has 0 bridgehead atoms. The van der Waals surface area contributed by atoms with Crippen molar-refractivity contribution in [2.24, 2.45) is 0 Å². The van der Waals surface area contributed by atoms with Crippen LogP contribution in [0.2, 0.25) is 0 Å². The van der Waals surface area contributed by atoms with E-state index in [0.717, 1.165) is 12.8 Å². The number of alkyl halides is 5. The highest BCUT2D eigenvalue weighted by molar-refractivity contribution is 5.28. The van der Waals surface area contributed by atoms with Gasteiger partial charge in [0, 0.05) is 0 Å². The van der Waals surface area contributed by atoms with Crippen molar-refractivity contribution in [1.29, 1.82) is 0 Å². The highest BCUT2D eigenvalue weighted by Crippen LogP contribution is 2.41. The maximum absolute atomic E-state index is 12.8. The molecule has 0 aliphatic carbocycles. The lowest BCUT2D eigenvalue weighted by Crippen LogP contribution is -2.37. The van der Waals surface area contributed by atoms with Crippen molar-refractivity contribution in [2.45, 2.75) is 44.4 Å².